The molecule has 0 bridgehead atoms. The summed E-state index contributed by atoms with van der Waals surface area (Å²) in [4.78, 5) is 26.1. The smallest absolute Gasteiger partial charge is 0.264 e. The topological polar surface area (TPSA) is 114 Å². The van der Waals surface area contributed by atoms with E-state index in [4.69, 9.17) is 9.47 Å². The highest BCUT2D eigenvalue weighted by atomic mass is 79.9. The van der Waals surface area contributed by atoms with Gasteiger partial charge in [-0.3, -0.25) is 13.9 Å². The fraction of sp³-hybridized carbons (Fsp3) is 0.286. The van der Waals surface area contributed by atoms with E-state index in [0.29, 0.717) is 31.2 Å². The van der Waals surface area contributed by atoms with Gasteiger partial charge in [0.15, 0.2) is 0 Å². The van der Waals surface area contributed by atoms with Gasteiger partial charge in [-0.1, -0.05) is 28.1 Å². The van der Waals surface area contributed by atoms with Crippen LogP contribution in [-0.4, -0.2) is 52.6 Å². The Morgan fingerprint density at radius 1 is 1.05 bits per heavy atom. The van der Waals surface area contributed by atoms with Gasteiger partial charge in [0.25, 0.3) is 15.9 Å². The minimum Gasteiger partial charge on any atom is -0.494 e. The lowest BCUT2D eigenvalue weighted by molar-refractivity contribution is -0.114. The molecule has 0 saturated carbocycles. The second kappa shape index (κ2) is 13.1. The maximum absolute atomic E-state index is 13.7. The van der Waals surface area contributed by atoms with Crippen LogP contribution in [0.1, 0.15) is 30.1 Å². The predicted molar refractivity (Wildman–Crippen MR) is 153 cm³/mol. The minimum atomic E-state index is -4.11. The van der Waals surface area contributed by atoms with Crippen LogP contribution < -0.4 is 19.7 Å². The van der Waals surface area contributed by atoms with Gasteiger partial charge in [0.05, 0.1) is 34.5 Å². The average molecular weight is 617 g/mol. The van der Waals surface area contributed by atoms with Crippen LogP contribution in [-0.2, 0) is 19.6 Å². The van der Waals surface area contributed by atoms with E-state index >= 15 is 0 Å². The lowest BCUT2D eigenvalue weighted by Gasteiger charge is -2.24. The Bertz CT molecular complexity index is 1390. The van der Waals surface area contributed by atoms with Crippen LogP contribution in [0.2, 0.25) is 0 Å². The largest absolute Gasteiger partial charge is 0.494 e. The van der Waals surface area contributed by atoms with Crippen molar-refractivity contribution in [1.29, 1.82) is 0 Å². The summed E-state index contributed by atoms with van der Waals surface area (Å²) in [7, 11) is -4.11. The first-order valence-electron chi connectivity index (χ1n) is 12.6. The van der Waals surface area contributed by atoms with Crippen LogP contribution in [0, 0.1) is 0 Å². The van der Waals surface area contributed by atoms with Gasteiger partial charge in [0.2, 0.25) is 5.91 Å². The molecule has 39 heavy (non-hydrogen) atoms. The molecule has 3 aromatic carbocycles. The first kappa shape index (κ1) is 28.6. The van der Waals surface area contributed by atoms with Gasteiger partial charge >= 0.3 is 0 Å². The number of rotatable bonds is 11. The molecule has 2 N–H and O–H groups in total. The van der Waals surface area contributed by atoms with Crippen LogP contribution in [0.5, 0.6) is 5.75 Å². The number of hydrogen-bond acceptors (Lipinski definition) is 6. The fourth-order valence-electron chi connectivity index (χ4n) is 4.14. The highest BCUT2D eigenvalue weighted by Gasteiger charge is 2.28. The third-order valence-corrected chi connectivity index (χ3v) is 8.40. The van der Waals surface area contributed by atoms with Crippen LogP contribution in [0.15, 0.2) is 82.2 Å². The number of nitrogens with zero attached hydrogens (tertiary/aromatic N) is 1. The van der Waals surface area contributed by atoms with Crippen LogP contribution in [0.3, 0.4) is 0 Å². The molecule has 1 aliphatic heterocycles. The number of ether oxygens (including phenoxy) is 2. The first-order valence-corrected chi connectivity index (χ1v) is 14.8. The predicted octanol–water partition coefficient (Wildman–Crippen LogP) is 4.59. The van der Waals surface area contributed by atoms with Gasteiger partial charge in [0, 0.05) is 17.6 Å². The zero-order valence-electron chi connectivity index (χ0n) is 21.4. The summed E-state index contributed by atoms with van der Waals surface area (Å²) in [5, 5.41) is 5.56. The molecule has 1 heterocycles. The van der Waals surface area contributed by atoms with Crippen molar-refractivity contribution in [1.82, 2.24) is 5.32 Å². The summed E-state index contributed by atoms with van der Waals surface area (Å²) in [6.45, 7) is 2.85. The molecule has 0 aliphatic carbocycles. The molecule has 2 amide bonds. The maximum atomic E-state index is 13.7. The number of sulfonamides is 1. The Hall–Kier alpha value is -3.41. The van der Waals surface area contributed by atoms with E-state index in [0.717, 1.165) is 21.6 Å². The van der Waals surface area contributed by atoms with Crippen LogP contribution >= 0.6 is 15.9 Å². The molecule has 4 rings (SSSR count). The third kappa shape index (κ3) is 7.37. The summed E-state index contributed by atoms with van der Waals surface area (Å²) >= 11 is 3.32. The van der Waals surface area contributed by atoms with Crippen molar-refractivity contribution in [2.24, 2.45) is 0 Å². The van der Waals surface area contributed by atoms with Crippen molar-refractivity contribution in [3.8, 4) is 5.75 Å². The summed E-state index contributed by atoms with van der Waals surface area (Å²) in [5.41, 5.74) is 0.839. The van der Waals surface area contributed by atoms with Crippen molar-refractivity contribution in [2.45, 2.75) is 30.8 Å². The number of anilines is 2. The highest BCUT2D eigenvalue weighted by molar-refractivity contribution is 9.10. The van der Waals surface area contributed by atoms with E-state index in [9.17, 15) is 18.0 Å². The average Bonchev–Trinajstić information content (AvgIpc) is 3.45. The molecule has 0 spiro atoms. The highest BCUT2D eigenvalue weighted by Crippen LogP contribution is 2.27. The molecule has 9 nitrogen and oxygen atoms in total. The second-order valence-corrected chi connectivity index (χ2v) is 11.6. The van der Waals surface area contributed by atoms with Gasteiger partial charge in [0.1, 0.15) is 12.3 Å². The van der Waals surface area contributed by atoms with E-state index in [-0.39, 0.29) is 28.2 Å². The molecule has 1 saturated heterocycles. The van der Waals surface area contributed by atoms with Crippen molar-refractivity contribution >= 4 is 49.1 Å². The summed E-state index contributed by atoms with van der Waals surface area (Å²) in [6, 6.07) is 19.2. The third-order valence-electron chi connectivity index (χ3n) is 6.08. The maximum Gasteiger partial charge on any atom is 0.264 e. The van der Waals surface area contributed by atoms with Crippen LogP contribution in [0.25, 0.3) is 0 Å². The fourth-order valence-corrected chi connectivity index (χ4v) is 5.83. The number of para-hydroxylation sites is 1. The molecule has 0 radical (unpaired) electrons. The second-order valence-electron chi connectivity index (χ2n) is 8.83. The quantitative estimate of drug-likeness (QED) is 0.326. The molecular weight excluding hydrogens is 586 g/mol. The van der Waals surface area contributed by atoms with E-state index < -0.39 is 22.5 Å². The zero-order chi connectivity index (χ0) is 27.8. The van der Waals surface area contributed by atoms with Gasteiger partial charge in [-0.05, 0) is 80.4 Å². The van der Waals surface area contributed by atoms with Crippen LogP contribution in [0.4, 0.5) is 11.4 Å². The van der Waals surface area contributed by atoms with Crippen molar-refractivity contribution in [3.05, 3.63) is 82.8 Å². The molecule has 0 aromatic heterocycles. The lowest BCUT2D eigenvalue weighted by atomic mass is 10.1. The molecule has 206 valence electrons. The Balaban J connectivity index is 1.56. The number of halogens is 1. The van der Waals surface area contributed by atoms with Gasteiger partial charge in [-0.2, -0.15) is 0 Å². The zero-order valence-corrected chi connectivity index (χ0v) is 23.8. The van der Waals surface area contributed by atoms with Crippen molar-refractivity contribution in [3.63, 3.8) is 0 Å². The number of benzene rings is 3. The Morgan fingerprint density at radius 2 is 1.77 bits per heavy atom. The summed E-state index contributed by atoms with van der Waals surface area (Å²) < 4.78 is 40.1. The standard InChI is InChI=1S/C28H30BrN3O6S/c1-2-37-22-13-11-21(12-14-22)32(39(35,36)24-15-9-20(29)10-16-24)19-27(33)31-26-8-4-3-7-25(26)28(34)30-18-23-6-5-17-38-23/h3-4,7-16,23H,2,5-6,17-19H2,1H3,(H,30,34)(H,31,33)/t23-/m1/s1. The van der Waals surface area contributed by atoms with E-state index in [1.807, 2.05) is 6.92 Å². The van der Waals surface area contributed by atoms with E-state index in [2.05, 4.69) is 26.6 Å². The molecule has 3 aromatic rings. The lowest BCUT2D eigenvalue weighted by Crippen LogP contribution is -2.38. The Morgan fingerprint density at radius 3 is 2.44 bits per heavy atom. The molecule has 0 unspecified atom stereocenters. The summed E-state index contributed by atoms with van der Waals surface area (Å²) in [5.74, 6) is -0.383. The van der Waals surface area contributed by atoms with Gasteiger partial charge in [-0.15, -0.1) is 0 Å². The number of carbonyl (C=O) groups excluding carboxylic acids is 2. The van der Waals surface area contributed by atoms with Gasteiger partial charge < -0.3 is 20.1 Å². The Labute approximate surface area is 236 Å². The number of hydrogen-bond donors (Lipinski definition) is 2. The molecular formula is C28H30BrN3O6S. The monoisotopic (exact) mass is 615 g/mol. The number of amides is 2. The SMILES string of the molecule is CCOc1ccc(N(CC(=O)Nc2ccccc2C(=O)NC[C@H]2CCCO2)S(=O)(=O)c2ccc(Br)cc2)cc1. The minimum absolute atomic E-state index is 0.0257. The molecule has 1 fully saturated rings. The van der Waals surface area contributed by atoms with Crippen molar-refractivity contribution in [2.75, 3.05) is 35.9 Å². The first-order chi connectivity index (χ1) is 18.8. The van der Waals surface area contributed by atoms with E-state index in [1.165, 1.54) is 12.1 Å². The number of nitrogens with one attached hydrogen (secondary N) is 2. The molecule has 11 heteroatoms. The van der Waals surface area contributed by atoms with E-state index in [1.54, 1.807) is 60.7 Å². The summed E-state index contributed by atoms with van der Waals surface area (Å²) in [6.07, 6.45) is 1.82. The normalized spacial score (nSPS) is 15.0. The van der Waals surface area contributed by atoms with Gasteiger partial charge in [-0.25, -0.2) is 8.42 Å². The molecule has 1 atom stereocenters. The number of carbonyl (C=O) groups is 2. The molecule has 1 aliphatic rings. The van der Waals surface area contributed by atoms with Crippen molar-refractivity contribution < 1.29 is 27.5 Å². The Kier molecular flexibility index (Phi) is 9.60.